The van der Waals surface area contributed by atoms with Crippen molar-refractivity contribution in [2.24, 2.45) is 5.92 Å². The van der Waals surface area contributed by atoms with E-state index in [0.717, 1.165) is 5.56 Å². The van der Waals surface area contributed by atoms with E-state index in [-0.39, 0.29) is 36.8 Å². The van der Waals surface area contributed by atoms with Gasteiger partial charge in [0.25, 0.3) is 0 Å². The van der Waals surface area contributed by atoms with Crippen LogP contribution in [-0.2, 0) is 16.1 Å². The molecule has 2 N–H and O–H groups in total. The van der Waals surface area contributed by atoms with Crippen molar-refractivity contribution < 1.29 is 14.7 Å². The first-order valence-corrected chi connectivity index (χ1v) is 7.33. The highest BCUT2D eigenvalue weighted by Gasteiger charge is 2.33. The minimum absolute atomic E-state index is 0.0156. The average Bonchev–Trinajstić information content (AvgIpc) is 2.92. The molecular weight excluding hydrogens is 268 g/mol. The predicted molar refractivity (Wildman–Crippen MR) is 79.3 cm³/mol. The van der Waals surface area contributed by atoms with Crippen molar-refractivity contribution in [1.82, 2.24) is 10.2 Å². The largest absolute Gasteiger partial charge is 0.396 e. The van der Waals surface area contributed by atoms with E-state index < -0.39 is 0 Å². The van der Waals surface area contributed by atoms with Gasteiger partial charge in [0.15, 0.2) is 0 Å². The highest BCUT2D eigenvalue weighted by molar-refractivity contribution is 5.89. The zero-order valence-electron chi connectivity index (χ0n) is 12.3. The second-order valence-corrected chi connectivity index (χ2v) is 5.52. The van der Waals surface area contributed by atoms with Crippen molar-refractivity contribution >= 4 is 11.8 Å². The summed E-state index contributed by atoms with van der Waals surface area (Å²) in [5.41, 5.74) is 1.05. The lowest BCUT2D eigenvalue weighted by Gasteiger charge is -2.31. The van der Waals surface area contributed by atoms with Gasteiger partial charge in [0, 0.05) is 32.2 Å². The topological polar surface area (TPSA) is 69.6 Å². The van der Waals surface area contributed by atoms with Crippen LogP contribution in [0.5, 0.6) is 0 Å². The molecule has 5 heteroatoms. The highest BCUT2D eigenvalue weighted by atomic mass is 16.3. The third-order valence-electron chi connectivity index (χ3n) is 3.88. The Labute approximate surface area is 125 Å². The minimum atomic E-state index is -0.289. The van der Waals surface area contributed by atoms with Gasteiger partial charge in [0.05, 0.1) is 5.92 Å². The number of amides is 2. The maximum Gasteiger partial charge on any atom is 0.228 e. The molecule has 1 saturated heterocycles. The van der Waals surface area contributed by atoms with E-state index in [1.165, 1.54) is 0 Å². The molecule has 21 heavy (non-hydrogen) atoms. The van der Waals surface area contributed by atoms with Crippen LogP contribution in [-0.4, -0.2) is 41.0 Å². The molecular formula is C16H22N2O3. The number of hydrogen-bond donors (Lipinski definition) is 2. The summed E-state index contributed by atoms with van der Waals surface area (Å²) in [6.07, 6.45) is 0.794. The maximum absolute atomic E-state index is 12.7. The Kier molecular flexibility index (Phi) is 5.33. The van der Waals surface area contributed by atoms with Crippen molar-refractivity contribution in [3.8, 4) is 0 Å². The van der Waals surface area contributed by atoms with Crippen molar-refractivity contribution in [2.45, 2.75) is 32.4 Å². The molecule has 1 aliphatic rings. The fourth-order valence-electron chi connectivity index (χ4n) is 2.59. The number of nitrogens with one attached hydrogen (secondary N) is 1. The van der Waals surface area contributed by atoms with Gasteiger partial charge >= 0.3 is 0 Å². The Morgan fingerprint density at radius 3 is 2.71 bits per heavy atom. The molecule has 2 amide bonds. The number of rotatable bonds is 6. The monoisotopic (exact) mass is 290 g/mol. The zero-order valence-corrected chi connectivity index (χ0v) is 12.3. The lowest BCUT2D eigenvalue weighted by molar-refractivity contribution is -0.138. The lowest BCUT2D eigenvalue weighted by atomic mass is 10.0. The second kappa shape index (κ2) is 7.22. The van der Waals surface area contributed by atoms with E-state index in [1.54, 1.807) is 4.90 Å². The Morgan fingerprint density at radius 1 is 1.43 bits per heavy atom. The van der Waals surface area contributed by atoms with Crippen molar-refractivity contribution in [1.29, 1.82) is 0 Å². The number of aliphatic hydroxyl groups is 1. The molecule has 0 aliphatic carbocycles. The number of nitrogens with zero attached hydrogens (tertiary/aromatic N) is 1. The van der Waals surface area contributed by atoms with E-state index in [1.807, 2.05) is 37.3 Å². The summed E-state index contributed by atoms with van der Waals surface area (Å²) < 4.78 is 0. The average molecular weight is 290 g/mol. The van der Waals surface area contributed by atoms with Gasteiger partial charge in [-0.2, -0.15) is 0 Å². The van der Waals surface area contributed by atoms with Gasteiger partial charge in [0.1, 0.15) is 0 Å². The van der Waals surface area contributed by atoms with E-state index in [0.29, 0.717) is 19.5 Å². The van der Waals surface area contributed by atoms with Crippen molar-refractivity contribution in [3.05, 3.63) is 35.9 Å². The third kappa shape index (κ3) is 4.04. The first-order valence-electron chi connectivity index (χ1n) is 7.33. The Balaban J connectivity index is 2.11. The smallest absolute Gasteiger partial charge is 0.228 e. The number of carbonyl (C=O) groups is 2. The number of benzene rings is 1. The van der Waals surface area contributed by atoms with E-state index in [9.17, 15) is 9.59 Å². The minimum Gasteiger partial charge on any atom is -0.396 e. The zero-order chi connectivity index (χ0) is 15.2. The van der Waals surface area contributed by atoms with Gasteiger partial charge in [-0.15, -0.1) is 0 Å². The summed E-state index contributed by atoms with van der Waals surface area (Å²) in [7, 11) is 0. The third-order valence-corrected chi connectivity index (χ3v) is 3.88. The fourth-order valence-corrected chi connectivity index (χ4v) is 2.59. The van der Waals surface area contributed by atoms with Gasteiger partial charge < -0.3 is 15.3 Å². The Morgan fingerprint density at radius 2 is 2.14 bits per heavy atom. The molecule has 1 heterocycles. The van der Waals surface area contributed by atoms with Gasteiger partial charge in [-0.25, -0.2) is 0 Å². The summed E-state index contributed by atoms with van der Waals surface area (Å²) in [4.78, 5) is 25.8. The number of carbonyl (C=O) groups excluding carboxylic acids is 2. The van der Waals surface area contributed by atoms with Crippen LogP contribution in [0.15, 0.2) is 30.3 Å². The molecule has 114 valence electrons. The van der Waals surface area contributed by atoms with Gasteiger partial charge in [-0.05, 0) is 18.9 Å². The molecule has 2 unspecified atom stereocenters. The molecule has 5 nitrogen and oxygen atoms in total. The molecule has 1 fully saturated rings. The first kappa shape index (κ1) is 15.5. The Hall–Kier alpha value is -1.88. The SMILES string of the molecule is CC(CCO)N(Cc1ccccc1)C(=O)C1CNC(=O)C1. The quantitative estimate of drug-likeness (QED) is 0.818. The second-order valence-electron chi connectivity index (χ2n) is 5.52. The van der Waals surface area contributed by atoms with Crippen LogP contribution in [0.25, 0.3) is 0 Å². The van der Waals surface area contributed by atoms with Crippen LogP contribution in [0.3, 0.4) is 0 Å². The normalized spacial score (nSPS) is 19.1. The van der Waals surface area contributed by atoms with Gasteiger partial charge in [0.2, 0.25) is 11.8 Å². The number of hydrogen-bond acceptors (Lipinski definition) is 3. The molecule has 0 spiro atoms. The van der Waals surface area contributed by atoms with Crippen molar-refractivity contribution in [3.63, 3.8) is 0 Å². The van der Waals surface area contributed by atoms with Crippen molar-refractivity contribution in [2.75, 3.05) is 13.2 Å². The summed E-state index contributed by atoms with van der Waals surface area (Å²) in [5.74, 6) is -0.372. The van der Waals surface area contributed by atoms with Gasteiger partial charge in [-0.3, -0.25) is 9.59 Å². The first-order chi connectivity index (χ1) is 10.1. The molecule has 1 aromatic carbocycles. The summed E-state index contributed by atoms with van der Waals surface area (Å²) in [5, 5.41) is 11.8. The standard InChI is InChI=1S/C16H22N2O3/c1-12(7-8-19)18(11-13-5-3-2-4-6-13)16(21)14-9-15(20)17-10-14/h2-6,12,14,19H,7-11H2,1H3,(H,17,20). The Bertz CT molecular complexity index is 490. The van der Waals surface area contributed by atoms with Crippen LogP contribution in [0.1, 0.15) is 25.3 Å². The fraction of sp³-hybridized carbons (Fsp3) is 0.500. The molecule has 2 atom stereocenters. The molecule has 0 bridgehead atoms. The molecule has 1 aromatic rings. The summed E-state index contributed by atoms with van der Waals surface area (Å²) >= 11 is 0. The van der Waals surface area contributed by atoms with Crippen LogP contribution in [0.2, 0.25) is 0 Å². The van der Waals surface area contributed by atoms with E-state index in [4.69, 9.17) is 5.11 Å². The molecule has 0 saturated carbocycles. The van der Waals surface area contributed by atoms with Gasteiger partial charge in [-0.1, -0.05) is 30.3 Å². The van der Waals surface area contributed by atoms with Crippen LogP contribution >= 0.6 is 0 Å². The highest BCUT2D eigenvalue weighted by Crippen LogP contribution is 2.18. The van der Waals surface area contributed by atoms with E-state index >= 15 is 0 Å². The molecule has 2 rings (SSSR count). The summed E-state index contributed by atoms with van der Waals surface area (Å²) in [6, 6.07) is 9.71. The number of aliphatic hydroxyl groups excluding tert-OH is 1. The van der Waals surface area contributed by atoms with Crippen LogP contribution in [0.4, 0.5) is 0 Å². The van der Waals surface area contributed by atoms with E-state index in [2.05, 4.69) is 5.32 Å². The van der Waals surface area contributed by atoms with Crippen LogP contribution < -0.4 is 5.32 Å². The maximum atomic E-state index is 12.7. The molecule has 1 aliphatic heterocycles. The summed E-state index contributed by atoms with van der Waals surface area (Å²) in [6.45, 7) is 2.89. The molecule has 0 radical (unpaired) electrons. The lowest BCUT2D eigenvalue weighted by Crippen LogP contribution is -2.42. The van der Waals surface area contributed by atoms with Crippen LogP contribution in [0, 0.1) is 5.92 Å². The molecule has 0 aromatic heterocycles. The predicted octanol–water partition coefficient (Wildman–Crippen LogP) is 0.922.